The molecule has 28 heavy (non-hydrogen) atoms. The van der Waals surface area contributed by atoms with Gasteiger partial charge < -0.3 is 4.74 Å². The summed E-state index contributed by atoms with van der Waals surface area (Å²) in [7, 11) is 0. The summed E-state index contributed by atoms with van der Waals surface area (Å²) in [5, 5.41) is 0.455. The second kappa shape index (κ2) is 6.93. The van der Waals surface area contributed by atoms with Crippen molar-refractivity contribution in [3.63, 3.8) is 0 Å². The van der Waals surface area contributed by atoms with Gasteiger partial charge in [0.1, 0.15) is 16.9 Å². The molecule has 0 fully saturated rings. The topological polar surface area (TPSA) is 34.5 Å². The Labute approximate surface area is 160 Å². The molecule has 3 aromatic rings. The molecular weight excluding hydrogens is 365 g/mol. The van der Waals surface area contributed by atoms with E-state index < -0.39 is 17.2 Å². The standard InChI is InChI=1S/C22H19F3N2O/c1-22(2)11-16(10-13-5-3-4-6-17(13)23)27-21(28-22)15-9-14-7-8-18(24)19(25)20(14)26-12-15/h3-9,12,16H,10-11H2,1-2H3. The second-order valence-electron chi connectivity index (χ2n) is 7.61. The zero-order chi connectivity index (χ0) is 19.9. The third-order valence-corrected chi connectivity index (χ3v) is 4.80. The van der Waals surface area contributed by atoms with Gasteiger partial charge in [-0.15, -0.1) is 0 Å². The number of rotatable bonds is 3. The molecule has 1 atom stereocenters. The molecule has 1 unspecified atom stereocenters. The van der Waals surface area contributed by atoms with Gasteiger partial charge in [0, 0.05) is 18.0 Å². The lowest BCUT2D eigenvalue weighted by molar-refractivity contribution is 0.0633. The van der Waals surface area contributed by atoms with Crippen molar-refractivity contribution in [2.45, 2.75) is 38.3 Å². The molecule has 3 nitrogen and oxygen atoms in total. The van der Waals surface area contributed by atoms with Crippen molar-refractivity contribution in [3.05, 3.63) is 77.2 Å². The summed E-state index contributed by atoms with van der Waals surface area (Å²) < 4.78 is 47.4. The van der Waals surface area contributed by atoms with Gasteiger partial charge in [-0.1, -0.05) is 18.2 Å². The highest BCUT2D eigenvalue weighted by atomic mass is 19.2. The molecule has 0 aliphatic carbocycles. The molecule has 1 aliphatic rings. The number of hydrogen-bond acceptors (Lipinski definition) is 3. The van der Waals surface area contributed by atoms with Gasteiger partial charge >= 0.3 is 0 Å². The molecule has 144 valence electrons. The summed E-state index contributed by atoms with van der Waals surface area (Å²) in [4.78, 5) is 8.70. The number of halogens is 3. The number of nitrogens with zero attached hydrogens (tertiary/aromatic N) is 2. The molecule has 0 spiro atoms. The van der Waals surface area contributed by atoms with Crippen molar-refractivity contribution in [3.8, 4) is 0 Å². The van der Waals surface area contributed by atoms with Crippen LogP contribution >= 0.6 is 0 Å². The molecule has 1 aromatic heterocycles. The van der Waals surface area contributed by atoms with E-state index >= 15 is 0 Å². The van der Waals surface area contributed by atoms with Crippen molar-refractivity contribution in [1.82, 2.24) is 4.98 Å². The molecule has 0 N–H and O–H groups in total. The first-order valence-corrected chi connectivity index (χ1v) is 9.07. The van der Waals surface area contributed by atoms with Crippen LogP contribution in [0.2, 0.25) is 0 Å². The maximum atomic E-state index is 14.0. The van der Waals surface area contributed by atoms with E-state index in [1.54, 1.807) is 24.3 Å². The van der Waals surface area contributed by atoms with Crippen LogP contribution in [-0.4, -0.2) is 22.5 Å². The Morgan fingerprint density at radius 1 is 1.07 bits per heavy atom. The Balaban J connectivity index is 1.71. The van der Waals surface area contributed by atoms with E-state index in [1.807, 2.05) is 13.8 Å². The molecule has 2 heterocycles. The summed E-state index contributed by atoms with van der Waals surface area (Å²) in [5.74, 6) is -1.80. The van der Waals surface area contributed by atoms with Crippen LogP contribution in [0.1, 0.15) is 31.4 Å². The fourth-order valence-electron chi connectivity index (χ4n) is 3.54. The fraction of sp³-hybridized carbons (Fsp3) is 0.273. The molecule has 0 saturated heterocycles. The SMILES string of the molecule is CC1(C)CC(Cc2ccccc2F)N=C(c2cnc3c(F)c(F)ccc3c2)O1. The monoisotopic (exact) mass is 384 g/mol. The van der Waals surface area contributed by atoms with E-state index in [1.165, 1.54) is 18.3 Å². The van der Waals surface area contributed by atoms with Crippen LogP contribution in [-0.2, 0) is 11.2 Å². The van der Waals surface area contributed by atoms with E-state index in [0.29, 0.717) is 35.3 Å². The number of aromatic nitrogens is 1. The van der Waals surface area contributed by atoms with Gasteiger partial charge in [-0.3, -0.25) is 4.98 Å². The van der Waals surface area contributed by atoms with Gasteiger partial charge in [0.05, 0.1) is 11.6 Å². The molecule has 0 saturated carbocycles. The van der Waals surface area contributed by atoms with Crippen LogP contribution in [0, 0.1) is 17.5 Å². The van der Waals surface area contributed by atoms with Crippen LogP contribution in [0.4, 0.5) is 13.2 Å². The first kappa shape index (κ1) is 18.5. The van der Waals surface area contributed by atoms with Gasteiger partial charge in [-0.2, -0.15) is 0 Å². The summed E-state index contributed by atoms with van der Waals surface area (Å²) >= 11 is 0. The molecule has 0 radical (unpaired) electrons. The van der Waals surface area contributed by atoms with E-state index in [0.717, 1.165) is 6.07 Å². The van der Waals surface area contributed by atoms with Crippen molar-refractivity contribution < 1.29 is 17.9 Å². The molecule has 1 aliphatic heterocycles. The van der Waals surface area contributed by atoms with E-state index in [9.17, 15) is 13.2 Å². The average molecular weight is 384 g/mol. The molecule has 6 heteroatoms. The zero-order valence-corrected chi connectivity index (χ0v) is 15.5. The van der Waals surface area contributed by atoms with Crippen LogP contribution < -0.4 is 0 Å². The lowest BCUT2D eigenvalue weighted by atomic mass is 9.92. The van der Waals surface area contributed by atoms with Crippen LogP contribution in [0.3, 0.4) is 0 Å². The highest BCUT2D eigenvalue weighted by Crippen LogP contribution is 2.29. The van der Waals surface area contributed by atoms with Crippen molar-refractivity contribution >= 4 is 16.8 Å². The number of aliphatic imine (C=N–C) groups is 1. The summed E-state index contributed by atoms with van der Waals surface area (Å²) in [6.07, 6.45) is 2.50. The minimum atomic E-state index is -0.978. The van der Waals surface area contributed by atoms with Crippen molar-refractivity contribution in [2.24, 2.45) is 4.99 Å². The largest absolute Gasteiger partial charge is 0.471 e. The zero-order valence-electron chi connectivity index (χ0n) is 15.5. The predicted octanol–water partition coefficient (Wildman–Crippen LogP) is 5.21. The van der Waals surface area contributed by atoms with E-state index in [2.05, 4.69) is 9.98 Å². The smallest absolute Gasteiger partial charge is 0.218 e. The molecule has 0 amide bonds. The maximum Gasteiger partial charge on any atom is 0.218 e. The van der Waals surface area contributed by atoms with Crippen molar-refractivity contribution in [2.75, 3.05) is 0 Å². The van der Waals surface area contributed by atoms with Gasteiger partial charge in [0.25, 0.3) is 0 Å². The summed E-state index contributed by atoms with van der Waals surface area (Å²) in [6.45, 7) is 3.89. The summed E-state index contributed by atoms with van der Waals surface area (Å²) in [6, 6.07) is 10.7. The number of benzene rings is 2. The van der Waals surface area contributed by atoms with Crippen molar-refractivity contribution in [1.29, 1.82) is 0 Å². The number of pyridine rings is 1. The number of hydrogen-bond donors (Lipinski definition) is 0. The van der Waals surface area contributed by atoms with Crippen LogP contribution in [0.15, 0.2) is 53.7 Å². The van der Waals surface area contributed by atoms with Gasteiger partial charge in [0.15, 0.2) is 11.6 Å². The van der Waals surface area contributed by atoms with Crippen LogP contribution in [0.5, 0.6) is 0 Å². The number of fused-ring (bicyclic) bond motifs is 1. The quantitative estimate of drug-likeness (QED) is 0.621. The minimum absolute atomic E-state index is 0.0395. The minimum Gasteiger partial charge on any atom is -0.471 e. The lowest BCUT2D eigenvalue weighted by Crippen LogP contribution is -2.38. The molecule has 4 rings (SSSR count). The lowest BCUT2D eigenvalue weighted by Gasteiger charge is -2.35. The Morgan fingerprint density at radius 3 is 2.64 bits per heavy atom. The van der Waals surface area contributed by atoms with Gasteiger partial charge in [-0.05, 0) is 50.1 Å². The first-order chi connectivity index (χ1) is 13.3. The van der Waals surface area contributed by atoms with Gasteiger partial charge in [0.2, 0.25) is 5.90 Å². The Kier molecular flexibility index (Phi) is 4.57. The third kappa shape index (κ3) is 3.59. The maximum absolute atomic E-state index is 14.0. The Morgan fingerprint density at radius 2 is 1.86 bits per heavy atom. The predicted molar refractivity (Wildman–Crippen MR) is 102 cm³/mol. The van der Waals surface area contributed by atoms with Gasteiger partial charge in [-0.25, -0.2) is 18.2 Å². The van der Waals surface area contributed by atoms with Crippen LogP contribution in [0.25, 0.3) is 10.9 Å². The van der Waals surface area contributed by atoms with E-state index in [-0.39, 0.29) is 17.4 Å². The average Bonchev–Trinajstić information content (AvgIpc) is 2.65. The highest BCUT2D eigenvalue weighted by molar-refractivity contribution is 5.98. The fourth-order valence-corrected chi connectivity index (χ4v) is 3.54. The Bertz CT molecular complexity index is 1080. The normalized spacial score (nSPS) is 18.6. The Hall–Kier alpha value is -2.89. The molecular formula is C22H19F3N2O. The molecule has 0 bridgehead atoms. The third-order valence-electron chi connectivity index (χ3n) is 4.80. The molecule has 2 aromatic carbocycles. The highest BCUT2D eigenvalue weighted by Gasteiger charge is 2.32. The number of ether oxygens (including phenoxy) is 1. The first-order valence-electron chi connectivity index (χ1n) is 9.07. The summed E-state index contributed by atoms with van der Waals surface area (Å²) in [5.41, 5.74) is 0.630. The second-order valence-corrected chi connectivity index (χ2v) is 7.61. The van der Waals surface area contributed by atoms with E-state index in [4.69, 9.17) is 4.74 Å².